The topological polar surface area (TPSA) is 56.2 Å². The van der Waals surface area contributed by atoms with E-state index >= 15 is 0 Å². The van der Waals surface area contributed by atoms with Crippen LogP contribution in [0.1, 0.15) is 35.9 Å². The van der Waals surface area contributed by atoms with Crippen LogP contribution in [0.3, 0.4) is 0 Å². The minimum atomic E-state index is -0.0511. The monoisotopic (exact) mass is 349 g/mol. The van der Waals surface area contributed by atoms with Gasteiger partial charge in [-0.25, -0.2) is 4.98 Å². The summed E-state index contributed by atoms with van der Waals surface area (Å²) >= 11 is 0. The number of para-hydroxylation sites is 3. The van der Waals surface area contributed by atoms with Crippen molar-refractivity contribution in [2.24, 2.45) is 0 Å². The van der Waals surface area contributed by atoms with Gasteiger partial charge in [0.1, 0.15) is 18.5 Å². The van der Waals surface area contributed by atoms with Gasteiger partial charge in [-0.2, -0.15) is 0 Å². The molecule has 0 spiro atoms. The highest BCUT2D eigenvalue weighted by Gasteiger charge is 2.25. The maximum atomic E-state index is 12.8. The Morgan fingerprint density at radius 2 is 1.96 bits per heavy atom. The first kappa shape index (κ1) is 16.8. The number of carbonyl (C=O) groups is 1. The van der Waals surface area contributed by atoms with Crippen molar-refractivity contribution in [1.29, 1.82) is 0 Å². The van der Waals surface area contributed by atoms with E-state index < -0.39 is 0 Å². The summed E-state index contributed by atoms with van der Waals surface area (Å²) in [6, 6.07) is 13.9. The molecule has 5 nitrogen and oxygen atoms in total. The molecule has 0 aliphatic carbocycles. The van der Waals surface area contributed by atoms with E-state index in [-0.39, 0.29) is 18.6 Å². The summed E-state index contributed by atoms with van der Waals surface area (Å²) in [5.41, 5.74) is 4.88. The van der Waals surface area contributed by atoms with Gasteiger partial charge in [-0.1, -0.05) is 30.3 Å². The summed E-state index contributed by atoms with van der Waals surface area (Å²) in [6.07, 6.45) is 1.94. The quantitative estimate of drug-likeness (QED) is 0.770. The lowest BCUT2D eigenvalue weighted by Crippen LogP contribution is -2.22. The Hall–Kier alpha value is -2.66. The first-order valence-electron chi connectivity index (χ1n) is 9.06. The first-order chi connectivity index (χ1) is 12.6. The highest BCUT2D eigenvalue weighted by molar-refractivity contribution is 5.93. The van der Waals surface area contributed by atoms with Crippen molar-refractivity contribution in [2.45, 2.75) is 39.3 Å². The molecule has 2 heterocycles. The number of benzene rings is 2. The van der Waals surface area contributed by atoms with E-state index in [1.807, 2.05) is 60.9 Å². The maximum Gasteiger partial charge on any atom is 0.244 e. The SMILES string of the molecule is Cc1cccc(C)c1NC(=O)Cn1c(C2CCCO2)nc2ccccc21. The molecule has 1 N–H and O–H groups in total. The molecule has 134 valence electrons. The molecule has 26 heavy (non-hydrogen) atoms. The Morgan fingerprint density at radius 3 is 2.69 bits per heavy atom. The van der Waals surface area contributed by atoms with Crippen LogP contribution >= 0.6 is 0 Å². The second kappa shape index (κ2) is 6.92. The van der Waals surface area contributed by atoms with E-state index in [1.54, 1.807) is 0 Å². The Morgan fingerprint density at radius 1 is 1.19 bits per heavy atom. The molecule has 1 amide bonds. The van der Waals surface area contributed by atoms with Crippen LogP contribution in [0, 0.1) is 13.8 Å². The standard InChI is InChI=1S/C21H23N3O2/c1-14-7-5-8-15(2)20(14)23-19(25)13-24-17-10-4-3-9-16(17)22-21(24)18-11-6-12-26-18/h3-5,7-10,18H,6,11-13H2,1-2H3,(H,23,25). The van der Waals surface area contributed by atoms with Crippen LogP contribution in [-0.4, -0.2) is 22.1 Å². The molecule has 1 aromatic heterocycles. The molecule has 1 atom stereocenters. The molecule has 1 saturated heterocycles. The number of imidazole rings is 1. The second-order valence-corrected chi connectivity index (χ2v) is 6.86. The molecule has 1 fully saturated rings. The first-order valence-corrected chi connectivity index (χ1v) is 9.06. The van der Waals surface area contributed by atoms with Gasteiger partial charge >= 0.3 is 0 Å². The van der Waals surface area contributed by atoms with E-state index in [0.717, 1.165) is 53.1 Å². The summed E-state index contributed by atoms with van der Waals surface area (Å²) in [5, 5.41) is 3.07. The summed E-state index contributed by atoms with van der Waals surface area (Å²) < 4.78 is 7.83. The summed E-state index contributed by atoms with van der Waals surface area (Å²) in [7, 11) is 0. The third-order valence-electron chi connectivity index (χ3n) is 4.95. The van der Waals surface area contributed by atoms with Gasteiger partial charge in [0.15, 0.2) is 0 Å². The second-order valence-electron chi connectivity index (χ2n) is 6.86. The number of ether oxygens (including phenoxy) is 1. The number of carbonyl (C=O) groups excluding carboxylic acids is 1. The third kappa shape index (κ3) is 3.10. The number of fused-ring (bicyclic) bond motifs is 1. The van der Waals surface area contributed by atoms with Crippen LogP contribution in [0.4, 0.5) is 5.69 Å². The smallest absolute Gasteiger partial charge is 0.244 e. The Kier molecular flexibility index (Phi) is 4.47. The van der Waals surface area contributed by atoms with Crippen LogP contribution in [-0.2, 0) is 16.1 Å². The van der Waals surface area contributed by atoms with Gasteiger partial charge < -0.3 is 14.6 Å². The molecule has 0 radical (unpaired) electrons. The molecule has 1 unspecified atom stereocenters. The third-order valence-corrected chi connectivity index (χ3v) is 4.95. The summed E-state index contributed by atoms with van der Waals surface area (Å²) in [5.74, 6) is 0.796. The van der Waals surface area contributed by atoms with Crippen LogP contribution < -0.4 is 5.32 Å². The molecular weight excluding hydrogens is 326 g/mol. The van der Waals surface area contributed by atoms with Crippen molar-refractivity contribution in [3.63, 3.8) is 0 Å². The summed E-state index contributed by atoms with van der Waals surface area (Å²) in [6.45, 7) is 4.99. The fourth-order valence-corrected chi connectivity index (χ4v) is 3.62. The van der Waals surface area contributed by atoms with E-state index in [9.17, 15) is 4.79 Å². The minimum Gasteiger partial charge on any atom is -0.370 e. The highest BCUT2D eigenvalue weighted by Crippen LogP contribution is 2.30. The van der Waals surface area contributed by atoms with Crippen molar-refractivity contribution in [2.75, 3.05) is 11.9 Å². The van der Waals surface area contributed by atoms with Gasteiger partial charge in [0.05, 0.1) is 11.0 Å². The van der Waals surface area contributed by atoms with Gasteiger partial charge in [-0.3, -0.25) is 4.79 Å². The Labute approximate surface area is 153 Å². The molecule has 2 aromatic carbocycles. The lowest BCUT2D eigenvalue weighted by Gasteiger charge is -2.15. The van der Waals surface area contributed by atoms with Gasteiger partial charge in [-0.05, 0) is 49.9 Å². The van der Waals surface area contributed by atoms with Crippen molar-refractivity contribution in [3.8, 4) is 0 Å². The van der Waals surface area contributed by atoms with Gasteiger partial charge in [0.25, 0.3) is 0 Å². The summed E-state index contributed by atoms with van der Waals surface area (Å²) in [4.78, 5) is 17.5. The number of rotatable bonds is 4. The molecule has 3 aromatic rings. The van der Waals surface area contributed by atoms with Crippen molar-refractivity contribution >= 4 is 22.6 Å². The fraction of sp³-hybridized carbons (Fsp3) is 0.333. The van der Waals surface area contributed by atoms with E-state index in [1.165, 1.54) is 0 Å². The van der Waals surface area contributed by atoms with E-state index in [2.05, 4.69) is 5.32 Å². The molecule has 1 aliphatic heterocycles. The number of aromatic nitrogens is 2. The Balaban J connectivity index is 1.65. The Bertz CT molecular complexity index is 935. The zero-order valence-corrected chi connectivity index (χ0v) is 15.2. The number of nitrogens with zero attached hydrogens (tertiary/aromatic N) is 2. The normalized spacial score (nSPS) is 16.9. The van der Waals surface area contributed by atoms with Crippen molar-refractivity contribution < 1.29 is 9.53 Å². The van der Waals surface area contributed by atoms with E-state index in [0.29, 0.717) is 0 Å². The zero-order chi connectivity index (χ0) is 18.1. The molecule has 1 aliphatic rings. The van der Waals surface area contributed by atoms with Crippen LogP contribution in [0.25, 0.3) is 11.0 Å². The number of hydrogen-bond donors (Lipinski definition) is 1. The number of hydrogen-bond acceptors (Lipinski definition) is 3. The van der Waals surface area contributed by atoms with Crippen LogP contribution in [0.15, 0.2) is 42.5 Å². The number of amides is 1. The number of nitrogens with one attached hydrogen (secondary N) is 1. The average molecular weight is 349 g/mol. The lowest BCUT2D eigenvalue weighted by molar-refractivity contribution is -0.116. The van der Waals surface area contributed by atoms with E-state index in [4.69, 9.17) is 9.72 Å². The van der Waals surface area contributed by atoms with Gasteiger partial charge in [0.2, 0.25) is 5.91 Å². The zero-order valence-electron chi connectivity index (χ0n) is 15.2. The van der Waals surface area contributed by atoms with Gasteiger partial charge in [-0.15, -0.1) is 0 Å². The maximum absolute atomic E-state index is 12.8. The van der Waals surface area contributed by atoms with Crippen LogP contribution in [0.5, 0.6) is 0 Å². The lowest BCUT2D eigenvalue weighted by atomic mass is 10.1. The highest BCUT2D eigenvalue weighted by atomic mass is 16.5. The van der Waals surface area contributed by atoms with Crippen molar-refractivity contribution in [3.05, 3.63) is 59.4 Å². The molecule has 4 rings (SSSR count). The minimum absolute atomic E-state index is 0.0320. The number of anilines is 1. The molecule has 5 heteroatoms. The molecule has 0 bridgehead atoms. The molecule has 0 saturated carbocycles. The largest absolute Gasteiger partial charge is 0.370 e. The average Bonchev–Trinajstić information content (AvgIpc) is 3.27. The fourth-order valence-electron chi connectivity index (χ4n) is 3.62. The van der Waals surface area contributed by atoms with Crippen LogP contribution in [0.2, 0.25) is 0 Å². The number of aryl methyl sites for hydroxylation is 2. The van der Waals surface area contributed by atoms with Gasteiger partial charge in [0, 0.05) is 12.3 Å². The molecular formula is C21H23N3O2. The predicted octanol–water partition coefficient (Wildman–Crippen LogP) is 4.14. The van der Waals surface area contributed by atoms with Crippen molar-refractivity contribution in [1.82, 2.24) is 9.55 Å². The predicted molar refractivity (Wildman–Crippen MR) is 102 cm³/mol.